The Hall–Kier alpha value is -3.56. The molecule has 33 heavy (non-hydrogen) atoms. The summed E-state index contributed by atoms with van der Waals surface area (Å²) in [5.74, 6) is 0.260. The highest BCUT2D eigenvalue weighted by molar-refractivity contribution is 5.95. The number of para-hydroxylation sites is 2. The van der Waals surface area contributed by atoms with E-state index in [1.165, 1.54) is 21.7 Å². The van der Waals surface area contributed by atoms with E-state index < -0.39 is 0 Å². The fraction of sp³-hybridized carbons (Fsp3) is 0.333. The normalized spacial score (nSPS) is 23.5. The molecule has 172 valence electrons. The number of benzene rings is 2. The zero-order chi connectivity index (χ0) is 23.1. The SMILES string of the molecule is COc1ccccc1NC(=O)CN1NC2C3CC(c4ccc(C)c(C)c4)NN3C=CN2C1=O. The van der Waals surface area contributed by atoms with Crippen molar-refractivity contribution in [3.63, 3.8) is 0 Å². The van der Waals surface area contributed by atoms with Crippen molar-refractivity contribution in [2.75, 3.05) is 19.0 Å². The number of methoxy groups -OCH3 is 1. The summed E-state index contributed by atoms with van der Waals surface area (Å²) in [5.41, 5.74) is 11.1. The Morgan fingerprint density at radius 2 is 1.94 bits per heavy atom. The molecule has 0 aromatic heterocycles. The third kappa shape index (κ3) is 3.90. The third-order valence-electron chi connectivity index (χ3n) is 6.55. The summed E-state index contributed by atoms with van der Waals surface area (Å²) in [6.07, 6.45) is 4.21. The number of nitrogens with zero attached hydrogens (tertiary/aromatic N) is 3. The largest absolute Gasteiger partial charge is 0.495 e. The lowest BCUT2D eigenvalue weighted by molar-refractivity contribution is -0.117. The second kappa shape index (κ2) is 8.42. The second-order valence-electron chi connectivity index (χ2n) is 8.63. The predicted molar refractivity (Wildman–Crippen MR) is 124 cm³/mol. The molecule has 2 fully saturated rings. The molecular weight excluding hydrogens is 420 g/mol. The molecule has 9 heteroatoms. The van der Waals surface area contributed by atoms with Crippen LogP contribution in [0.3, 0.4) is 0 Å². The average molecular weight is 449 g/mol. The second-order valence-corrected chi connectivity index (χ2v) is 8.63. The van der Waals surface area contributed by atoms with E-state index in [1.54, 1.807) is 30.3 Å². The number of carbonyl (C=O) groups excluding carboxylic acids is 2. The van der Waals surface area contributed by atoms with Gasteiger partial charge in [0.05, 0.1) is 24.9 Å². The number of hydrazine groups is 2. The van der Waals surface area contributed by atoms with Crippen molar-refractivity contribution in [1.82, 2.24) is 25.8 Å². The van der Waals surface area contributed by atoms with Gasteiger partial charge in [-0.3, -0.25) is 9.69 Å². The average Bonchev–Trinajstić information content (AvgIpc) is 3.37. The van der Waals surface area contributed by atoms with Gasteiger partial charge in [0.15, 0.2) is 0 Å². The number of amides is 3. The Balaban J connectivity index is 1.26. The number of aryl methyl sites for hydroxylation is 2. The van der Waals surface area contributed by atoms with E-state index in [0.29, 0.717) is 11.4 Å². The standard InChI is InChI=1S/C24H28N6O3/c1-15-8-9-17(12-16(15)2)19-13-20-23-27-30(24(32)28(23)10-11-29(20)26-19)14-22(31)25-18-6-4-5-7-21(18)33-3/h4-12,19-20,23,26-27H,13-14H2,1-3H3,(H,25,31). The number of nitrogens with one attached hydrogen (secondary N) is 3. The number of anilines is 1. The molecular formula is C24H28N6O3. The van der Waals surface area contributed by atoms with Crippen LogP contribution in [0.5, 0.6) is 5.75 Å². The number of urea groups is 1. The Morgan fingerprint density at radius 3 is 2.73 bits per heavy atom. The topological polar surface area (TPSA) is 89.2 Å². The van der Waals surface area contributed by atoms with E-state index in [0.717, 1.165) is 6.42 Å². The number of hydrogen-bond donors (Lipinski definition) is 3. The number of rotatable bonds is 5. The van der Waals surface area contributed by atoms with Gasteiger partial charge >= 0.3 is 6.03 Å². The van der Waals surface area contributed by atoms with Crippen LogP contribution in [-0.2, 0) is 4.79 Å². The molecule has 0 bridgehead atoms. The van der Waals surface area contributed by atoms with E-state index in [9.17, 15) is 9.59 Å². The van der Waals surface area contributed by atoms with Gasteiger partial charge in [-0.15, -0.1) is 0 Å². The van der Waals surface area contributed by atoms with Crippen molar-refractivity contribution in [2.24, 2.45) is 0 Å². The monoisotopic (exact) mass is 448 g/mol. The first-order valence-corrected chi connectivity index (χ1v) is 11.0. The van der Waals surface area contributed by atoms with E-state index in [4.69, 9.17) is 4.74 Å². The molecule has 3 aliphatic rings. The van der Waals surface area contributed by atoms with E-state index in [2.05, 4.69) is 53.2 Å². The molecule has 0 spiro atoms. The molecule has 0 radical (unpaired) electrons. The van der Waals surface area contributed by atoms with Gasteiger partial charge in [-0.2, -0.15) is 0 Å². The zero-order valence-corrected chi connectivity index (χ0v) is 18.9. The zero-order valence-electron chi connectivity index (χ0n) is 18.9. The molecule has 0 saturated carbocycles. The minimum absolute atomic E-state index is 0.0350. The van der Waals surface area contributed by atoms with Crippen molar-refractivity contribution in [3.05, 3.63) is 71.6 Å². The van der Waals surface area contributed by atoms with Crippen LogP contribution >= 0.6 is 0 Å². The molecule has 3 heterocycles. The molecule has 2 aromatic carbocycles. The van der Waals surface area contributed by atoms with Crippen molar-refractivity contribution in [1.29, 1.82) is 0 Å². The Morgan fingerprint density at radius 1 is 1.12 bits per heavy atom. The van der Waals surface area contributed by atoms with Crippen molar-refractivity contribution < 1.29 is 14.3 Å². The summed E-state index contributed by atoms with van der Waals surface area (Å²) in [6, 6.07) is 13.6. The highest BCUT2D eigenvalue weighted by Gasteiger charge is 2.48. The molecule has 5 rings (SSSR count). The van der Waals surface area contributed by atoms with Gasteiger partial charge in [-0.05, 0) is 49.1 Å². The Labute approximate surface area is 192 Å². The maximum absolute atomic E-state index is 13.0. The molecule has 2 aromatic rings. The van der Waals surface area contributed by atoms with Crippen LogP contribution in [0, 0.1) is 13.8 Å². The van der Waals surface area contributed by atoms with Gasteiger partial charge in [0, 0.05) is 12.4 Å². The van der Waals surface area contributed by atoms with Gasteiger partial charge in [-0.1, -0.05) is 30.3 Å². The molecule has 3 N–H and O–H groups in total. The summed E-state index contributed by atoms with van der Waals surface area (Å²) in [4.78, 5) is 27.3. The van der Waals surface area contributed by atoms with Crippen LogP contribution in [0.25, 0.3) is 0 Å². The van der Waals surface area contributed by atoms with Crippen molar-refractivity contribution >= 4 is 17.6 Å². The van der Waals surface area contributed by atoms with Crippen molar-refractivity contribution in [3.8, 4) is 5.75 Å². The number of hydrogen-bond acceptors (Lipinski definition) is 6. The molecule has 0 aliphatic carbocycles. The Bertz CT molecular complexity index is 1120. The predicted octanol–water partition coefficient (Wildman–Crippen LogP) is 2.62. The third-order valence-corrected chi connectivity index (χ3v) is 6.55. The van der Waals surface area contributed by atoms with Crippen LogP contribution in [0.2, 0.25) is 0 Å². The first-order chi connectivity index (χ1) is 15.9. The van der Waals surface area contributed by atoms with Crippen LogP contribution < -0.4 is 20.9 Å². The van der Waals surface area contributed by atoms with Gasteiger partial charge in [-0.25, -0.2) is 20.7 Å². The molecule has 3 unspecified atom stereocenters. The minimum Gasteiger partial charge on any atom is -0.495 e. The van der Waals surface area contributed by atoms with Crippen molar-refractivity contribution in [2.45, 2.75) is 38.5 Å². The van der Waals surface area contributed by atoms with Gasteiger partial charge in [0.2, 0.25) is 5.91 Å². The lowest BCUT2D eigenvalue weighted by atomic mass is 9.97. The molecule has 2 saturated heterocycles. The lowest BCUT2D eigenvalue weighted by Gasteiger charge is -2.34. The lowest BCUT2D eigenvalue weighted by Crippen LogP contribution is -2.54. The summed E-state index contributed by atoms with van der Waals surface area (Å²) in [6.45, 7) is 4.12. The van der Waals surface area contributed by atoms with E-state index in [1.807, 2.05) is 18.3 Å². The first-order valence-electron chi connectivity index (χ1n) is 11.0. The van der Waals surface area contributed by atoms with Crippen LogP contribution in [0.1, 0.15) is 29.2 Å². The maximum atomic E-state index is 13.0. The summed E-state index contributed by atoms with van der Waals surface area (Å²) in [7, 11) is 1.55. The van der Waals surface area contributed by atoms with E-state index >= 15 is 0 Å². The summed E-state index contributed by atoms with van der Waals surface area (Å²) < 4.78 is 5.28. The molecule has 3 amide bonds. The van der Waals surface area contributed by atoms with Crippen LogP contribution in [-0.4, -0.2) is 52.7 Å². The van der Waals surface area contributed by atoms with Gasteiger partial charge < -0.3 is 15.1 Å². The summed E-state index contributed by atoms with van der Waals surface area (Å²) >= 11 is 0. The van der Waals surface area contributed by atoms with Crippen LogP contribution in [0.15, 0.2) is 54.9 Å². The quantitative estimate of drug-likeness (QED) is 0.652. The van der Waals surface area contributed by atoms with Gasteiger partial charge in [0.1, 0.15) is 18.5 Å². The number of carbonyl (C=O) groups is 2. The highest BCUT2D eigenvalue weighted by atomic mass is 16.5. The smallest absolute Gasteiger partial charge is 0.340 e. The number of fused-ring (bicyclic) bond motifs is 3. The maximum Gasteiger partial charge on any atom is 0.340 e. The van der Waals surface area contributed by atoms with Gasteiger partial charge in [0.25, 0.3) is 0 Å². The van der Waals surface area contributed by atoms with Crippen LogP contribution in [0.4, 0.5) is 10.5 Å². The summed E-state index contributed by atoms with van der Waals surface area (Å²) in [5, 5.41) is 6.24. The number of ether oxygens (including phenoxy) is 1. The minimum atomic E-state index is -0.307. The molecule has 3 aliphatic heterocycles. The molecule has 3 atom stereocenters. The molecule has 9 nitrogen and oxygen atoms in total. The fourth-order valence-electron chi connectivity index (χ4n) is 4.61. The van der Waals surface area contributed by atoms with E-state index in [-0.39, 0.29) is 36.7 Å². The highest BCUT2D eigenvalue weighted by Crippen LogP contribution is 2.35. The fourth-order valence-corrected chi connectivity index (χ4v) is 4.61. The Kier molecular flexibility index (Phi) is 5.43. The first kappa shape index (κ1) is 21.3.